The highest BCUT2D eigenvalue weighted by atomic mass is 16.7. The van der Waals surface area contributed by atoms with Gasteiger partial charge < -0.3 is 25.2 Å². The second-order valence-corrected chi connectivity index (χ2v) is 17.7. The molecule has 2 aromatic carbocycles. The number of nitrogens with zero attached hydrogens (tertiary/aromatic N) is 1. The highest BCUT2D eigenvalue weighted by molar-refractivity contribution is 5.75. The maximum absolute atomic E-state index is 13.0. The zero-order valence-electron chi connectivity index (χ0n) is 28.7. The van der Waals surface area contributed by atoms with Crippen molar-refractivity contribution in [2.75, 3.05) is 13.1 Å². The number of aliphatic hydroxyl groups is 1. The molecule has 2 aliphatic heterocycles. The molecule has 254 valence electrons. The molecule has 47 heavy (non-hydrogen) atoms. The maximum atomic E-state index is 13.0. The number of likely N-dealkylation sites (tertiary alicyclic amines) is 1. The van der Waals surface area contributed by atoms with E-state index in [-0.39, 0.29) is 30.4 Å². The van der Waals surface area contributed by atoms with Gasteiger partial charge in [-0.3, -0.25) is 4.90 Å². The lowest BCUT2D eigenvalue weighted by Gasteiger charge is -2.56. The van der Waals surface area contributed by atoms with Crippen molar-refractivity contribution < 1.29 is 19.4 Å². The molecule has 0 radical (unpaired) electrons. The maximum Gasteiger partial charge on any atom is 0.315 e. The van der Waals surface area contributed by atoms with E-state index in [2.05, 4.69) is 72.7 Å². The van der Waals surface area contributed by atoms with Gasteiger partial charge in [0.25, 0.3) is 0 Å². The fourth-order valence-electron chi connectivity index (χ4n) is 11.6. The molecule has 2 aromatic rings. The summed E-state index contributed by atoms with van der Waals surface area (Å²) in [5.74, 6) is 2.42. The number of aliphatic hydroxyl groups excluding tert-OH is 1. The van der Waals surface area contributed by atoms with E-state index < -0.39 is 6.29 Å². The van der Waals surface area contributed by atoms with Crippen LogP contribution in [0.4, 0.5) is 4.79 Å². The predicted molar refractivity (Wildman–Crippen MR) is 182 cm³/mol. The third-order valence-corrected chi connectivity index (χ3v) is 12.7. The van der Waals surface area contributed by atoms with Crippen LogP contribution in [0.2, 0.25) is 0 Å². The molecular weight excluding hydrogens is 586 g/mol. The number of amides is 2. The Hall–Kier alpha value is -2.45. The van der Waals surface area contributed by atoms with Crippen LogP contribution in [0.1, 0.15) is 120 Å². The lowest BCUT2D eigenvalue weighted by atomic mass is 9.53. The van der Waals surface area contributed by atoms with Crippen molar-refractivity contribution in [3.8, 4) is 0 Å². The minimum absolute atomic E-state index is 0.0194. The van der Waals surface area contributed by atoms with Gasteiger partial charge >= 0.3 is 6.03 Å². The fourth-order valence-corrected chi connectivity index (χ4v) is 11.6. The average Bonchev–Trinajstić information content (AvgIpc) is 3.26. The molecule has 9 rings (SSSR count). The smallest absolute Gasteiger partial charge is 0.315 e. The zero-order chi connectivity index (χ0) is 32.4. The van der Waals surface area contributed by atoms with E-state index in [4.69, 9.17) is 9.47 Å². The Labute approximate surface area is 281 Å². The summed E-state index contributed by atoms with van der Waals surface area (Å²) < 4.78 is 13.4. The van der Waals surface area contributed by atoms with Gasteiger partial charge in [-0.05, 0) is 103 Å². The van der Waals surface area contributed by atoms with Crippen molar-refractivity contribution in [2.24, 2.45) is 28.6 Å². The summed E-state index contributed by atoms with van der Waals surface area (Å²) in [5.41, 5.74) is 4.89. The molecule has 6 bridgehead atoms. The summed E-state index contributed by atoms with van der Waals surface area (Å²) in [5, 5.41) is 16.2. The molecule has 0 spiro atoms. The van der Waals surface area contributed by atoms with Crippen LogP contribution in [0.5, 0.6) is 0 Å². The summed E-state index contributed by atoms with van der Waals surface area (Å²) in [6.07, 6.45) is 11.7. The summed E-state index contributed by atoms with van der Waals surface area (Å²) in [4.78, 5) is 15.8. The Morgan fingerprint density at radius 1 is 0.830 bits per heavy atom. The second-order valence-electron chi connectivity index (χ2n) is 17.7. The van der Waals surface area contributed by atoms with Crippen molar-refractivity contribution in [1.29, 1.82) is 0 Å². The number of carbonyl (C=O) groups excluding carboxylic acids is 1. The number of ether oxygens (including phenoxy) is 2. The first-order chi connectivity index (χ1) is 22.5. The molecule has 7 aliphatic rings. The number of hydrogen-bond acceptors (Lipinski definition) is 5. The Bertz CT molecular complexity index is 1410. The van der Waals surface area contributed by atoms with Gasteiger partial charge in [-0.15, -0.1) is 0 Å². The largest absolute Gasteiger partial charge is 0.392 e. The van der Waals surface area contributed by atoms with Crippen LogP contribution < -0.4 is 10.6 Å². The predicted octanol–water partition coefficient (Wildman–Crippen LogP) is 7.39. The number of rotatable bonds is 8. The minimum atomic E-state index is -0.466. The van der Waals surface area contributed by atoms with Crippen LogP contribution in [0.25, 0.3) is 0 Å². The molecule has 2 amide bonds. The SMILES string of the molecule is CC1(C)CC2CC(C)(CN2C[C@@H]2C[C@H](c3ccc(CO)cc3)O[C@H](c3ccc(CNC(=O)NC45CC6CC(CC(C6)C4)C5)cc3)O2)C1. The van der Waals surface area contributed by atoms with Gasteiger partial charge in [0.1, 0.15) is 0 Å². The van der Waals surface area contributed by atoms with Crippen molar-refractivity contribution >= 4 is 6.03 Å². The number of nitrogens with one attached hydrogen (secondary N) is 2. The van der Waals surface area contributed by atoms with Crippen molar-refractivity contribution in [1.82, 2.24) is 15.5 Å². The van der Waals surface area contributed by atoms with Gasteiger partial charge in [0.2, 0.25) is 0 Å². The van der Waals surface area contributed by atoms with Crippen molar-refractivity contribution in [3.05, 3.63) is 70.8 Å². The molecular formula is C40H55N3O4. The van der Waals surface area contributed by atoms with Crippen LogP contribution in [0.15, 0.2) is 48.5 Å². The van der Waals surface area contributed by atoms with E-state index >= 15 is 0 Å². The number of fused-ring (bicyclic) bond motifs is 2. The van der Waals surface area contributed by atoms with Gasteiger partial charge in [-0.25, -0.2) is 4.79 Å². The standard InChI is InChI=1S/C40H55N3O4/c1-38(2)19-33-20-39(3,24-38)25-43(33)22-34-15-35(31-8-6-27(23-44)7-9-31)47-36(46-34)32-10-4-26(5-11-32)21-41-37(45)42-40-16-28-12-29(17-40)14-30(13-28)18-40/h4-11,28-30,33-36,44H,12-25H2,1-3H3,(H2,41,42,45)/t28?,29?,30?,33?,34-,35+,36+,39?,40?/m0/s1. The minimum Gasteiger partial charge on any atom is -0.392 e. The molecule has 0 aromatic heterocycles. The topological polar surface area (TPSA) is 83.1 Å². The molecule has 7 fully saturated rings. The van der Waals surface area contributed by atoms with E-state index in [0.717, 1.165) is 78.8 Å². The van der Waals surface area contributed by atoms with E-state index in [9.17, 15) is 9.90 Å². The van der Waals surface area contributed by atoms with Gasteiger partial charge in [-0.1, -0.05) is 69.3 Å². The van der Waals surface area contributed by atoms with E-state index in [0.29, 0.717) is 23.4 Å². The Morgan fingerprint density at radius 3 is 2.13 bits per heavy atom. The summed E-state index contributed by atoms with van der Waals surface area (Å²) >= 11 is 0. The molecule has 5 atom stereocenters. The Kier molecular flexibility index (Phi) is 8.22. The molecule has 7 heteroatoms. The molecule has 5 aliphatic carbocycles. The van der Waals surface area contributed by atoms with Gasteiger partial charge in [0.05, 0.1) is 18.8 Å². The highest BCUT2D eigenvalue weighted by Gasteiger charge is 2.52. The van der Waals surface area contributed by atoms with Crippen LogP contribution in [0, 0.1) is 28.6 Å². The lowest BCUT2D eigenvalue weighted by Crippen LogP contribution is -2.61. The summed E-state index contributed by atoms with van der Waals surface area (Å²) in [7, 11) is 0. The van der Waals surface area contributed by atoms with E-state index in [1.807, 2.05) is 12.1 Å². The fraction of sp³-hybridized carbons (Fsp3) is 0.675. The first-order valence-corrected chi connectivity index (χ1v) is 18.4. The van der Waals surface area contributed by atoms with Crippen LogP contribution >= 0.6 is 0 Å². The lowest BCUT2D eigenvalue weighted by molar-refractivity contribution is -0.253. The Balaban J connectivity index is 0.927. The molecule has 5 saturated carbocycles. The van der Waals surface area contributed by atoms with Crippen molar-refractivity contribution in [3.63, 3.8) is 0 Å². The zero-order valence-corrected chi connectivity index (χ0v) is 28.7. The number of hydrogen-bond donors (Lipinski definition) is 3. The molecule has 2 saturated heterocycles. The highest BCUT2D eigenvalue weighted by Crippen LogP contribution is 2.56. The molecule has 2 unspecified atom stereocenters. The molecule has 7 nitrogen and oxygen atoms in total. The quantitative estimate of drug-likeness (QED) is 0.280. The Morgan fingerprint density at radius 2 is 1.47 bits per heavy atom. The first kappa shape index (κ1) is 31.8. The summed E-state index contributed by atoms with van der Waals surface area (Å²) in [6.45, 7) is 9.94. The third-order valence-electron chi connectivity index (χ3n) is 12.7. The molecule has 2 heterocycles. The van der Waals surface area contributed by atoms with E-state index in [1.54, 1.807) is 0 Å². The molecule has 3 N–H and O–H groups in total. The average molecular weight is 642 g/mol. The number of urea groups is 1. The van der Waals surface area contributed by atoms with E-state index in [1.165, 1.54) is 38.5 Å². The second kappa shape index (κ2) is 12.2. The number of carbonyl (C=O) groups is 1. The summed E-state index contributed by atoms with van der Waals surface area (Å²) in [6, 6.07) is 17.1. The number of benzene rings is 2. The van der Waals surface area contributed by atoms with Crippen LogP contribution in [-0.4, -0.2) is 46.8 Å². The van der Waals surface area contributed by atoms with Crippen LogP contribution in [-0.2, 0) is 22.6 Å². The van der Waals surface area contributed by atoms with Crippen molar-refractivity contribution in [2.45, 2.75) is 128 Å². The normalized spacial score (nSPS) is 38.8. The monoisotopic (exact) mass is 641 g/mol. The first-order valence-electron chi connectivity index (χ1n) is 18.4. The third kappa shape index (κ3) is 6.75. The van der Waals surface area contributed by atoms with Gasteiger partial charge in [-0.2, -0.15) is 0 Å². The van der Waals surface area contributed by atoms with Gasteiger partial charge in [0, 0.05) is 43.2 Å². The van der Waals surface area contributed by atoms with Crippen LogP contribution in [0.3, 0.4) is 0 Å². The van der Waals surface area contributed by atoms with Gasteiger partial charge in [0.15, 0.2) is 6.29 Å².